The summed E-state index contributed by atoms with van der Waals surface area (Å²) in [5, 5.41) is 2.95. The van der Waals surface area contributed by atoms with E-state index in [4.69, 9.17) is 0 Å². The van der Waals surface area contributed by atoms with Gasteiger partial charge in [0.25, 0.3) is 0 Å². The van der Waals surface area contributed by atoms with E-state index in [0.717, 1.165) is 25.8 Å². The fourth-order valence-electron chi connectivity index (χ4n) is 2.84. The summed E-state index contributed by atoms with van der Waals surface area (Å²) in [4.78, 5) is 27.8. The molecule has 0 spiro atoms. The molecule has 1 heterocycles. The van der Waals surface area contributed by atoms with Gasteiger partial charge in [-0.1, -0.05) is 24.3 Å². The Morgan fingerprint density at radius 1 is 1.23 bits per heavy atom. The third-order valence-corrected chi connectivity index (χ3v) is 4.24. The third-order valence-electron chi connectivity index (χ3n) is 4.24. The Morgan fingerprint density at radius 3 is 2.68 bits per heavy atom. The zero-order valence-corrected chi connectivity index (χ0v) is 13.0. The number of rotatable bonds is 5. The van der Waals surface area contributed by atoms with Crippen molar-refractivity contribution in [2.24, 2.45) is 0 Å². The van der Waals surface area contributed by atoms with E-state index in [1.54, 1.807) is 4.90 Å². The summed E-state index contributed by atoms with van der Waals surface area (Å²) in [7, 11) is 1.82. The fraction of sp³-hybridized carbons (Fsp3) is 0.529. The SMILES string of the molecule is CN(CC(=O)NC1CC1)CC(=O)N1CCc2ccccc2C1. The van der Waals surface area contributed by atoms with Crippen LogP contribution in [0.4, 0.5) is 0 Å². The van der Waals surface area contributed by atoms with Gasteiger partial charge in [0.1, 0.15) is 0 Å². The molecule has 0 aromatic heterocycles. The highest BCUT2D eigenvalue weighted by molar-refractivity contribution is 5.81. The molecule has 0 atom stereocenters. The highest BCUT2D eigenvalue weighted by Gasteiger charge is 2.25. The number of hydrogen-bond donors (Lipinski definition) is 1. The Hall–Kier alpha value is -1.88. The maximum absolute atomic E-state index is 12.4. The van der Waals surface area contributed by atoms with Crippen LogP contribution in [-0.4, -0.2) is 54.3 Å². The van der Waals surface area contributed by atoms with Gasteiger partial charge in [0.2, 0.25) is 11.8 Å². The van der Waals surface area contributed by atoms with Crippen molar-refractivity contribution in [1.82, 2.24) is 15.1 Å². The van der Waals surface area contributed by atoms with Crippen LogP contribution in [0.2, 0.25) is 0 Å². The largest absolute Gasteiger partial charge is 0.352 e. The van der Waals surface area contributed by atoms with Gasteiger partial charge in [-0.15, -0.1) is 0 Å². The summed E-state index contributed by atoms with van der Waals surface area (Å²) >= 11 is 0. The molecule has 1 N–H and O–H groups in total. The lowest BCUT2D eigenvalue weighted by molar-refractivity contribution is -0.133. The van der Waals surface area contributed by atoms with Crippen molar-refractivity contribution < 1.29 is 9.59 Å². The van der Waals surface area contributed by atoms with Crippen molar-refractivity contribution in [1.29, 1.82) is 0 Å². The average molecular weight is 301 g/mol. The van der Waals surface area contributed by atoms with Crippen LogP contribution in [0.3, 0.4) is 0 Å². The van der Waals surface area contributed by atoms with Gasteiger partial charge in [0.15, 0.2) is 0 Å². The maximum atomic E-state index is 12.4. The Bertz CT molecular complexity index is 569. The minimum absolute atomic E-state index is 0.0155. The second-order valence-electron chi connectivity index (χ2n) is 6.35. The zero-order valence-electron chi connectivity index (χ0n) is 13.0. The highest BCUT2D eigenvalue weighted by atomic mass is 16.2. The lowest BCUT2D eigenvalue weighted by atomic mass is 10.00. The Kier molecular flexibility index (Phi) is 4.43. The van der Waals surface area contributed by atoms with Crippen molar-refractivity contribution in [3.8, 4) is 0 Å². The number of likely N-dealkylation sites (N-methyl/N-ethyl adjacent to an activating group) is 1. The molecule has 5 heteroatoms. The Morgan fingerprint density at radius 2 is 1.95 bits per heavy atom. The quantitative estimate of drug-likeness (QED) is 0.874. The van der Waals surface area contributed by atoms with Crippen molar-refractivity contribution in [2.75, 3.05) is 26.7 Å². The summed E-state index contributed by atoms with van der Waals surface area (Å²) in [5.41, 5.74) is 2.57. The second kappa shape index (κ2) is 6.48. The first-order valence-electron chi connectivity index (χ1n) is 7.94. The minimum Gasteiger partial charge on any atom is -0.352 e. The molecule has 1 aliphatic carbocycles. The van der Waals surface area contributed by atoms with E-state index in [0.29, 0.717) is 19.1 Å². The number of carbonyl (C=O) groups excluding carboxylic acids is 2. The van der Waals surface area contributed by atoms with Crippen molar-refractivity contribution in [3.63, 3.8) is 0 Å². The number of hydrogen-bond acceptors (Lipinski definition) is 3. The first-order valence-corrected chi connectivity index (χ1v) is 7.94. The van der Waals surface area contributed by atoms with E-state index in [1.807, 2.05) is 24.1 Å². The topological polar surface area (TPSA) is 52.7 Å². The van der Waals surface area contributed by atoms with E-state index < -0.39 is 0 Å². The predicted molar refractivity (Wildman–Crippen MR) is 84.2 cm³/mol. The van der Waals surface area contributed by atoms with Gasteiger partial charge < -0.3 is 10.2 Å². The fourth-order valence-corrected chi connectivity index (χ4v) is 2.84. The van der Waals surface area contributed by atoms with Gasteiger partial charge in [-0.2, -0.15) is 0 Å². The minimum atomic E-state index is 0.0155. The average Bonchev–Trinajstić information content (AvgIpc) is 3.30. The molecule has 0 radical (unpaired) electrons. The van der Waals surface area contributed by atoms with E-state index in [-0.39, 0.29) is 18.4 Å². The van der Waals surface area contributed by atoms with Crippen LogP contribution >= 0.6 is 0 Å². The lowest BCUT2D eigenvalue weighted by Gasteiger charge is -2.30. The summed E-state index contributed by atoms with van der Waals surface area (Å²) < 4.78 is 0. The van der Waals surface area contributed by atoms with Gasteiger partial charge >= 0.3 is 0 Å². The molecule has 1 aromatic rings. The molecule has 0 saturated heterocycles. The standard InChI is InChI=1S/C17H23N3O2/c1-19(11-16(21)18-15-6-7-15)12-17(22)20-9-8-13-4-2-3-5-14(13)10-20/h2-5,15H,6-12H2,1H3,(H,18,21). The number of fused-ring (bicyclic) bond motifs is 1. The van der Waals surface area contributed by atoms with Crippen LogP contribution in [-0.2, 0) is 22.6 Å². The van der Waals surface area contributed by atoms with E-state index in [1.165, 1.54) is 11.1 Å². The van der Waals surface area contributed by atoms with Gasteiger partial charge in [0, 0.05) is 19.1 Å². The summed E-state index contributed by atoms with van der Waals surface area (Å²) in [6, 6.07) is 8.65. The van der Waals surface area contributed by atoms with Crippen molar-refractivity contribution in [3.05, 3.63) is 35.4 Å². The summed E-state index contributed by atoms with van der Waals surface area (Å²) in [5.74, 6) is 0.109. The number of nitrogens with one attached hydrogen (secondary N) is 1. The van der Waals surface area contributed by atoms with E-state index in [2.05, 4.69) is 17.4 Å². The second-order valence-corrected chi connectivity index (χ2v) is 6.35. The number of amides is 2. The Balaban J connectivity index is 1.48. The van der Waals surface area contributed by atoms with E-state index in [9.17, 15) is 9.59 Å². The molecule has 1 aliphatic heterocycles. The molecule has 1 fully saturated rings. The molecule has 3 rings (SSSR count). The molecule has 0 unspecified atom stereocenters. The first-order chi connectivity index (χ1) is 10.6. The van der Waals surface area contributed by atoms with Crippen LogP contribution in [0, 0.1) is 0 Å². The monoisotopic (exact) mass is 301 g/mol. The van der Waals surface area contributed by atoms with Crippen molar-refractivity contribution in [2.45, 2.75) is 31.8 Å². The Labute approximate surface area is 131 Å². The number of carbonyl (C=O) groups is 2. The molecule has 2 amide bonds. The first kappa shape index (κ1) is 15.0. The van der Waals surface area contributed by atoms with Gasteiger partial charge in [0.05, 0.1) is 13.1 Å². The van der Waals surface area contributed by atoms with Crippen LogP contribution < -0.4 is 5.32 Å². The maximum Gasteiger partial charge on any atom is 0.237 e. The molecule has 1 aromatic carbocycles. The van der Waals surface area contributed by atoms with Crippen LogP contribution in [0.15, 0.2) is 24.3 Å². The third kappa shape index (κ3) is 3.85. The molecule has 5 nitrogen and oxygen atoms in total. The van der Waals surface area contributed by atoms with Crippen LogP contribution in [0.5, 0.6) is 0 Å². The van der Waals surface area contributed by atoms with E-state index >= 15 is 0 Å². The molecular weight excluding hydrogens is 278 g/mol. The predicted octanol–water partition coefficient (Wildman–Crippen LogP) is 0.782. The number of benzene rings is 1. The molecule has 0 bridgehead atoms. The van der Waals surface area contributed by atoms with Gasteiger partial charge in [-0.05, 0) is 37.4 Å². The zero-order chi connectivity index (χ0) is 15.5. The van der Waals surface area contributed by atoms with Gasteiger partial charge in [-0.25, -0.2) is 0 Å². The number of nitrogens with zero attached hydrogens (tertiary/aromatic N) is 2. The molecule has 1 saturated carbocycles. The van der Waals surface area contributed by atoms with Gasteiger partial charge in [-0.3, -0.25) is 14.5 Å². The molecule has 118 valence electrons. The smallest absolute Gasteiger partial charge is 0.237 e. The van der Waals surface area contributed by atoms with Crippen molar-refractivity contribution >= 4 is 11.8 Å². The molecule has 2 aliphatic rings. The van der Waals surface area contributed by atoms with Crippen LogP contribution in [0.25, 0.3) is 0 Å². The lowest BCUT2D eigenvalue weighted by Crippen LogP contribution is -2.44. The molecular formula is C17H23N3O2. The summed E-state index contributed by atoms with van der Waals surface area (Å²) in [6.07, 6.45) is 3.08. The summed E-state index contributed by atoms with van der Waals surface area (Å²) in [6.45, 7) is 2.02. The normalized spacial score (nSPS) is 17.3. The highest BCUT2D eigenvalue weighted by Crippen LogP contribution is 2.19. The van der Waals surface area contributed by atoms with Crippen LogP contribution in [0.1, 0.15) is 24.0 Å². The molecule has 22 heavy (non-hydrogen) atoms.